The second kappa shape index (κ2) is 7.32. The number of aromatic nitrogens is 2. The van der Waals surface area contributed by atoms with Crippen LogP contribution < -0.4 is 4.74 Å². The molecule has 1 N–H and O–H groups in total. The average Bonchev–Trinajstić information content (AvgIpc) is 3.38. The normalized spacial score (nSPS) is 11.4. The standard InChI is InChI=1S/C21H14N4O4/c1-28-16-6-8-18-19(11-16)24-21(23-18)14(12-22)10-17-7-9-20(29-17)13-2-4-15(5-3-13)25(26)27/h2-11H,1H3,(H,23,24)/b14-10+. The number of imidazole rings is 1. The molecule has 0 bridgehead atoms. The van der Waals surface area contributed by atoms with E-state index in [4.69, 9.17) is 9.15 Å². The molecule has 8 nitrogen and oxygen atoms in total. The number of hydrogen-bond acceptors (Lipinski definition) is 6. The maximum absolute atomic E-state index is 10.8. The number of allylic oxidation sites excluding steroid dienone is 1. The van der Waals surface area contributed by atoms with Crippen LogP contribution in [0.25, 0.3) is 34.0 Å². The Morgan fingerprint density at radius 1 is 1.24 bits per heavy atom. The van der Waals surface area contributed by atoms with E-state index < -0.39 is 4.92 Å². The lowest BCUT2D eigenvalue weighted by Crippen LogP contribution is -1.86. The number of nitro groups is 1. The fourth-order valence-corrected chi connectivity index (χ4v) is 2.87. The van der Waals surface area contributed by atoms with E-state index in [-0.39, 0.29) is 5.69 Å². The summed E-state index contributed by atoms with van der Waals surface area (Å²) in [6.45, 7) is 0. The molecule has 0 aliphatic heterocycles. The van der Waals surface area contributed by atoms with Crippen molar-refractivity contribution in [1.82, 2.24) is 9.97 Å². The van der Waals surface area contributed by atoms with Gasteiger partial charge in [0.1, 0.15) is 29.2 Å². The van der Waals surface area contributed by atoms with Crippen LogP contribution in [0.5, 0.6) is 5.75 Å². The molecule has 0 aliphatic carbocycles. The van der Waals surface area contributed by atoms with Crippen molar-refractivity contribution >= 4 is 28.4 Å². The fraction of sp³-hybridized carbons (Fsp3) is 0.0476. The summed E-state index contributed by atoms with van der Waals surface area (Å²) in [5.74, 6) is 2.11. The molecular formula is C21H14N4O4. The van der Waals surface area contributed by atoms with Gasteiger partial charge in [0.2, 0.25) is 0 Å². The number of hydrogen-bond donors (Lipinski definition) is 1. The van der Waals surface area contributed by atoms with E-state index in [1.807, 2.05) is 6.07 Å². The van der Waals surface area contributed by atoms with Gasteiger partial charge in [-0.25, -0.2) is 4.98 Å². The lowest BCUT2D eigenvalue weighted by molar-refractivity contribution is -0.384. The minimum atomic E-state index is -0.456. The Bertz CT molecular complexity index is 1280. The third-order valence-corrected chi connectivity index (χ3v) is 4.34. The van der Waals surface area contributed by atoms with Gasteiger partial charge in [-0.05, 0) is 36.4 Å². The van der Waals surface area contributed by atoms with Crippen LogP contribution in [-0.2, 0) is 0 Å². The highest BCUT2D eigenvalue weighted by atomic mass is 16.6. The van der Waals surface area contributed by atoms with E-state index in [2.05, 4.69) is 16.0 Å². The van der Waals surface area contributed by atoms with Crippen molar-refractivity contribution in [2.45, 2.75) is 0 Å². The molecule has 2 aromatic carbocycles. The van der Waals surface area contributed by atoms with Crippen LogP contribution in [0.2, 0.25) is 0 Å². The number of rotatable bonds is 5. The zero-order valence-corrected chi connectivity index (χ0v) is 15.2. The third kappa shape index (κ3) is 3.57. The first kappa shape index (κ1) is 18.0. The van der Waals surface area contributed by atoms with E-state index in [9.17, 15) is 15.4 Å². The number of H-pyrrole nitrogens is 1. The first-order chi connectivity index (χ1) is 14.1. The first-order valence-electron chi connectivity index (χ1n) is 8.58. The predicted octanol–water partition coefficient (Wildman–Crippen LogP) is 4.80. The molecular weight excluding hydrogens is 372 g/mol. The van der Waals surface area contributed by atoms with Crippen molar-refractivity contribution in [3.63, 3.8) is 0 Å². The summed E-state index contributed by atoms with van der Waals surface area (Å²) in [4.78, 5) is 17.9. The zero-order valence-electron chi connectivity index (χ0n) is 15.2. The molecule has 0 saturated carbocycles. The maximum atomic E-state index is 10.8. The summed E-state index contributed by atoms with van der Waals surface area (Å²) < 4.78 is 11.0. The summed E-state index contributed by atoms with van der Waals surface area (Å²) in [6.07, 6.45) is 1.59. The summed E-state index contributed by atoms with van der Waals surface area (Å²) in [6, 6.07) is 17.1. The third-order valence-electron chi connectivity index (χ3n) is 4.34. The minimum absolute atomic E-state index is 0.00806. The van der Waals surface area contributed by atoms with Crippen molar-refractivity contribution in [3.8, 4) is 23.1 Å². The second-order valence-electron chi connectivity index (χ2n) is 6.14. The molecule has 0 fully saturated rings. The van der Waals surface area contributed by atoms with Gasteiger partial charge in [-0.2, -0.15) is 5.26 Å². The highest BCUT2D eigenvalue weighted by Gasteiger charge is 2.11. The van der Waals surface area contributed by atoms with E-state index >= 15 is 0 Å². The molecule has 2 aromatic heterocycles. The van der Waals surface area contributed by atoms with Gasteiger partial charge in [0.15, 0.2) is 0 Å². The Balaban J connectivity index is 1.64. The molecule has 29 heavy (non-hydrogen) atoms. The summed E-state index contributed by atoms with van der Waals surface area (Å²) in [5.41, 5.74) is 2.49. The summed E-state index contributed by atoms with van der Waals surface area (Å²) >= 11 is 0. The van der Waals surface area contributed by atoms with Gasteiger partial charge < -0.3 is 14.1 Å². The van der Waals surface area contributed by atoms with Crippen LogP contribution >= 0.6 is 0 Å². The van der Waals surface area contributed by atoms with Gasteiger partial charge in [0.25, 0.3) is 5.69 Å². The van der Waals surface area contributed by atoms with E-state index in [0.717, 1.165) is 5.52 Å². The quantitative estimate of drug-likeness (QED) is 0.299. The fourth-order valence-electron chi connectivity index (χ4n) is 2.87. The Hall–Kier alpha value is -4.38. The number of non-ortho nitro benzene ring substituents is 1. The number of nitro benzene ring substituents is 1. The summed E-state index contributed by atoms with van der Waals surface area (Å²) in [7, 11) is 1.58. The highest BCUT2D eigenvalue weighted by Crippen LogP contribution is 2.27. The average molecular weight is 386 g/mol. The minimum Gasteiger partial charge on any atom is -0.497 e. The van der Waals surface area contributed by atoms with Gasteiger partial charge in [-0.15, -0.1) is 0 Å². The van der Waals surface area contributed by atoms with Gasteiger partial charge in [-0.3, -0.25) is 10.1 Å². The first-order valence-corrected chi connectivity index (χ1v) is 8.58. The number of methoxy groups -OCH3 is 1. The predicted molar refractivity (Wildman–Crippen MR) is 107 cm³/mol. The van der Waals surface area contributed by atoms with Crippen LogP contribution in [-0.4, -0.2) is 22.0 Å². The second-order valence-corrected chi connectivity index (χ2v) is 6.14. The zero-order chi connectivity index (χ0) is 20.4. The molecule has 0 spiro atoms. The molecule has 0 saturated heterocycles. The Morgan fingerprint density at radius 2 is 2.03 bits per heavy atom. The Kier molecular flexibility index (Phi) is 4.55. The molecule has 4 rings (SSSR count). The number of ether oxygens (including phenoxy) is 1. The van der Waals surface area contributed by atoms with Crippen molar-refractivity contribution in [1.29, 1.82) is 5.26 Å². The van der Waals surface area contributed by atoms with E-state index in [1.165, 1.54) is 12.1 Å². The van der Waals surface area contributed by atoms with Crippen LogP contribution in [0.15, 0.2) is 59.0 Å². The molecule has 142 valence electrons. The van der Waals surface area contributed by atoms with Crippen LogP contribution in [0.3, 0.4) is 0 Å². The largest absolute Gasteiger partial charge is 0.497 e. The lowest BCUT2D eigenvalue weighted by Gasteiger charge is -1.97. The molecule has 4 aromatic rings. The van der Waals surface area contributed by atoms with Crippen molar-refractivity contribution < 1.29 is 14.1 Å². The summed E-state index contributed by atoms with van der Waals surface area (Å²) in [5, 5.41) is 20.3. The van der Waals surface area contributed by atoms with E-state index in [1.54, 1.807) is 49.6 Å². The number of furan rings is 1. The number of aromatic amines is 1. The molecule has 0 radical (unpaired) electrons. The van der Waals surface area contributed by atoms with Gasteiger partial charge in [0.05, 0.1) is 28.6 Å². The lowest BCUT2D eigenvalue weighted by atomic mass is 10.1. The van der Waals surface area contributed by atoms with Gasteiger partial charge >= 0.3 is 0 Å². The smallest absolute Gasteiger partial charge is 0.269 e. The monoisotopic (exact) mass is 386 g/mol. The number of fused-ring (bicyclic) bond motifs is 1. The van der Waals surface area contributed by atoms with Crippen LogP contribution in [0.4, 0.5) is 5.69 Å². The molecule has 0 amide bonds. The Morgan fingerprint density at radius 3 is 2.72 bits per heavy atom. The Labute approximate surface area is 164 Å². The number of nitriles is 1. The van der Waals surface area contributed by atoms with Gasteiger partial charge in [-0.1, -0.05) is 0 Å². The van der Waals surface area contributed by atoms with E-state index in [0.29, 0.717) is 39.7 Å². The molecule has 2 heterocycles. The number of nitrogens with one attached hydrogen (secondary N) is 1. The SMILES string of the molecule is COc1ccc2nc(/C(C#N)=C/c3ccc(-c4ccc([N+](=O)[O-])cc4)o3)[nH]c2c1. The number of benzene rings is 2. The molecule has 8 heteroatoms. The van der Waals surface area contributed by atoms with Crippen LogP contribution in [0, 0.1) is 21.4 Å². The topological polar surface area (TPSA) is 118 Å². The molecule has 0 unspecified atom stereocenters. The van der Waals surface area contributed by atoms with Gasteiger partial charge in [0, 0.05) is 29.8 Å². The van der Waals surface area contributed by atoms with Crippen LogP contribution in [0.1, 0.15) is 11.6 Å². The van der Waals surface area contributed by atoms with Crippen molar-refractivity contribution in [2.24, 2.45) is 0 Å². The molecule has 0 aliphatic rings. The maximum Gasteiger partial charge on any atom is 0.269 e. The number of nitrogens with zero attached hydrogens (tertiary/aromatic N) is 3. The highest BCUT2D eigenvalue weighted by molar-refractivity contribution is 5.90. The molecule has 0 atom stereocenters. The van der Waals surface area contributed by atoms with Crippen molar-refractivity contribution in [2.75, 3.05) is 7.11 Å². The van der Waals surface area contributed by atoms with Crippen molar-refractivity contribution in [3.05, 3.63) is 76.3 Å².